The number of amides is 1. The molecule has 1 aliphatic heterocycles. The van der Waals surface area contributed by atoms with Crippen LogP contribution in [0, 0.1) is 5.82 Å². The zero-order chi connectivity index (χ0) is 24.7. The first-order valence-electron chi connectivity index (χ1n) is 11.1. The van der Waals surface area contributed by atoms with Gasteiger partial charge in [-0.05, 0) is 42.0 Å². The van der Waals surface area contributed by atoms with E-state index in [4.69, 9.17) is 27.9 Å². The molecule has 4 aromatic rings. The Hall–Kier alpha value is -3.35. The van der Waals surface area contributed by atoms with Crippen LogP contribution in [0.1, 0.15) is 28.4 Å². The fourth-order valence-electron chi connectivity index (χ4n) is 4.58. The van der Waals surface area contributed by atoms with Gasteiger partial charge in [-0.3, -0.25) is 9.78 Å². The van der Waals surface area contributed by atoms with E-state index < -0.39 is 5.82 Å². The van der Waals surface area contributed by atoms with E-state index in [0.717, 1.165) is 11.3 Å². The van der Waals surface area contributed by atoms with Crippen molar-refractivity contribution in [2.24, 2.45) is 0 Å². The number of carbonyl (C=O) groups is 1. The molecule has 0 unspecified atom stereocenters. The van der Waals surface area contributed by atoms with E-state index in [2.05, 4.69) is 10.3 Å². The molecule has 0 spiro atoms. The molecule has 178 valence electrons. The molecule has 1 atom stereocenters. The van der Waals surface area contributed by atoms with Crippen molar-refractivity contribution < 1.29 is 13.9 Å². The molecular formula is C27H22Cl2FN3O2. The second-order valence-corrected chi connectivity index (χ2v) is 9.47. The van der Waals surface area contributed by atoms with Crippen LogP contribution < -0.4 is 15.0 Å². The number of fused-ring (bicyclic) bond motifs is 2. The van der Waals surface area contributed by atoms with Crippen molar-refractivity contribution in [1.82, 2.24) is 10.3 Å². The number of hydrogen-bond donors (Lipinski definition) is 1. The summed E-state index contributed by atoms with van der Waals surface area (Å²) in [4.78, 5) is 19.9. The Bertz CT molecular complexity index is 1440. The zero-order valence-electron chi connectivity index (χ0n) is 19.1. The molecule has 0 bridgehead atoms. The summed E-state index contributed by atoms with van der Waals surface area (Å²) in [7, 11) is 3.68. The molecule has 0 aliphatic carbocycles. The lowest BCUT2D eigenvalue weighted by Gasteiger charge is -2.27. The largest absolute Gasteiger partial charge is 0.493 e. The van der Waals surface area contributed by atoms with Gasteiger partial charge in [0.25, 0.3) is 5.91 Å². The van der Waals surface area contributed by atoms with Crippen LogP contribution in [0.25, 0.3) is 22.0 Å². The number of benzene rings is 3. The lowest BCUT2D eigenvalue weighted by atomic mass is 9.97. The van der Waals surface area contributed by atoms with E-state index >= 15 is 4.39 Å². The fourth-order valence-corrected chi connectivity index (χ4v) is 5.10. The van der Waals surface area contributed by atoms with Crippen LogP contribution in [0.3, 0.4) is 0 Å². The first-order chi connectivity index (χ1) is 16.8. The summed E-state index contributed by atoms with van der Waals surface area (Å²) in [6.07, 6.45) is 2.15. The van der Waals surface area contributed by atoms with Crippen LogP contribution in [0.15, 0.2) is 60.8 Å². The summed E-state index contributed by atoms with van der Waals surface area (Å²) in [5.41, 5.74) is 3.18. The molecule has 0 saturated heterocycles. The molecule has 0 fully saturated rings. The highest BCUT2D eigenvalue weighted by Gasteiger charge is 2.26. The number of para-hydroxylation sites is 1. The van der Waals surface area contributed by atoms with E-state index in [1.807, 2.05) is 43.3 Å². The first kappa shape index (κ1) is 23.4. The summed E-state index contributed by atoms with van der Waals surface area (Å²) in [5, 5.41) is 4.56. The van der Waals surface area contributed by atoms with Gasteiger partial charge in [-0.15, -0.1) is 0 Å². The summed E-state index contributed by atoms with van der Waals surface area (Å²) in [6, 6.07) is 15.4. The topological polar surface area (TPSA) is 54.5 Å². The lowest BCUT2D eigenvalue weighted by Crippen LogP contribution is -2.33. The third-order valence-electron chi connectivity index (χ3n) is 6.07. The van der Waals surface area contributed by atoms with E-state index in [0.29, 0.717) is 50.8 Å². The molecule has 2 heterocycles. The molecule has 0 saturated carbocycles. The number of carbonyl (C=O) groups excluding carboxylic acids is 1. The molecular weight excluding hydrogens is 488 g/mol. The summed E-state index contributed by atoms with van der Waals surface area (Å²) in [6.45, 7) is 0.517. The third kappa shape index (κ3) is 4.40. The van der Waals surface area contributed by atoms with Gasteiger partial charge in [0.2, 0.25) is 0 Å². The van der Waals surface area contributed by atoms with Crippen molar-refractivity contribution in [1.29, 1.82) is 0 Å². The van der Waals surface area contributed by atoms with Gasteiger partial charge >= 0.3 is 0 Å². The second kappa shape index (κ2) is 9.36. The van der Waals surface area contributed by atoms with Crippen molar-refractivity contribution in [2.45, 2.75) is 12.5 Å². The molecule has 5 nitrogen and oxygen atoms in total. The highest BCUT2D eigenvalue weighted by Crippen LogP contribution is 2.38. The zero-order valence-corrected chi connectivity index (χ0v) is 20.6. The molecule has 1 aliphatic rings. The smallest absolute Gasteiger partial charge is 0.255 e. The number of nitrogens with zero attached hydrogens (tertiary/aromatic N) is 2. The van der Waals surface area contributed by atoms with Gasteiger partial charge in [0.05, 0.1) is 29.4 Å². The second-order valence-electron chi connectivity index (χ2n) is 8.59. The highest BCUT2D eigenvalue weighted by molar-refractivity contribution is 6.35. The average Bonchev–Trinajstić information content (AvgIpc) is 2.82. The Morgan fingerprint density at radius 3 is 2.60 bits per heavy atom. The number of aromatic nitrogens is 1. The van der Waals surface area contributed by atoms with E-state index in [1.165, 1.54) is 12.3 Å². The predicted octanol–water partition coefficient (Wildman–Crippen LogP) is 6.67. The maximum Gasteiger partial charge on any atom is 0.255 e. The molecule has 3 aromatic carbocycles. The molecule has 5 rings (SSSR count). The van der Waals surface area contributed by atoms with Crippen LogP contribution in [0.2, 0.25) is 10.0 Å². The standard InChI is InChI=1S/C27H22Cl2FN3O2/c1-33(2)26-19-7-8-21(30)24(15-11-16(28)13-17(29)12-15)25(19)31-14-20(26)27(34)32-22-9-10-35-23-6-4-3-5-18(22)23/h3-8,11-14,22H,9-10H2,1-2H3,(H,32,34)/t22-/m1/s1. The number of ether oxygens (including phenoxy) is 1. The normalized spacial score (nSPS) is 14.8. The van der Waals surface area contributed by atoms with Crippen LogP contribution >= 0.6 is 23.2 Å². The van der Waals surface area contributed by atoms with E-state index in [9.17, 15) is 4.79 Å². The van der Waals surface area contributed by atoms with Gasteiger partial charge in [0.15, 0.2) is 0 Å². The van der Waals surface area contributed by atoms with Crippen LogP contribution in [0.5, 0.6) is 5.75 Å². The third-order valence-corrected chi connectivity index (χ3v) is 6.50. The number of halogens is 3. The molecule has 35 heavy (non-hydrogen) atoms. The number of hydrogen-bond acceptors (Lipinski definition) is 4. The fraction of sp³-hybridized carbons (Fsp3) is 0.185. The summed E-state index contributed by atoms with van der Waals surface area (Å²) < 4.78 is 20.8. The Morgan fingerprint density at radius 2 is 1.86 bits per heavy atom. The molecule has 0 radical (unpaired) electrons. The quantitative estimate of drug-likeness (QED) is 0.333. The Labute approximate surface area is 212 Å². The minimum atomic E-state index is -0.455. The molecule has 1 N–H and O–H groups in total. The van der Waals surface area contributed by atoms with Gasteiger partial charge in [-0.25, -0.2) is 4.39 Å². The average molecular weight is 510 g/mol. The monoisotopic (exact) mass is 509 g/mol. The highest BCUT2D eigenvalue weighted by atomic mass is 35.5. The van der Waals surface area contributed by atoms with E-state index in [-0.39, 0.29) is 17.5 Å². The number of anilines is 1. The van der Waals surface area contributed by atoms with Crippen molar-refractivity contribution in [3.63, 3.8) is 0 Å². The first-order valence-corrected chi connectivity index (χ1v) is 11.9. The summed E-state index contributed by atoms with van der Waals surface area (Å²) >= 11 is 12.4. The van der Waals surface area contributed by atoms with Gasteiger partial charge in [-0.2, -0.15) is 0 Å². The number of nitrogens with one attached hydrogen (secondary N) is 1. The van der Waals surface area contributed by atoms with E-state index in [1.54, 1.807) is 24.3 Å². The molecule has 8 heteroatoms. The van der Waals surface area contributed by atoms with Crippen molar-refractivity contribution in [2.75, 3.05) is 25.6 Å². The maximum atomic E-state index is 15.1. The maximum absolute atomic E-state index is 15.1. The molecule has 1 aromatic heterocycles. The minimum Gasteiger partial charge on any atom is -0.493 e. The lowest BCUT2D eigenvalue weighted by molar-refractivity contribution is 0.0925. The van der Waals surface area contributed by atoms with Crippen LogP contribution in [-0.2, 0) is 0 Å². The van der Waals surface area contributed by atoms with Crippen molar-refractivity contribution >= 4 is 45.7 Å². The van der Waals surface area contributed by atoms with Crippen molar-refractivity contribution in [3.8, 4) is 16.9 Å². The van der Waals surface area contributed by atoms with Crippen molar-refractivity contribution in [3.05, 3.63) is 87.8 Å². The van der Waals surface area contributed by atoms with Crippen LogP contribution in [0.4, 0.5) is 10.1 Å². The van der Waals surface area contributed by atoms with Gasteiger partial charge in [-0.1, -0.05) is 41.4 Å². The van der Waals surface area contributed by atoms with Crippen LogP contribution in [-0.4, -0.2) is 31.6 Å². The SMILES string of the molecule is CN(C)c1c(C(=O)N[C@@H]2CCOc3ccccc32)cnc2c(-c3cc(Cl)cc(Cl)c3)c(F)ccc12. The Morgan fingerprint density at radius 1 is 1.11 bits per heavy atom. The van der Waals surface area contributed by atoms with Gasteiger partial charge < -0.3 is 15.0 Å². The summed E-state index contributed by atoms with van der Waals surface area (Å²) in [5.74, 6) is 0.0550. The Kier molecular flexibility index (Phi) is 6.26. The minimum absolute atomic E-state index is 0.185. The van der Waals surface area contributed by atoms with Gasteiger partial charge in [0.1, 0.15) is 11.6 Å². The number of pyridine rings is 1. The van der Waals surface area contributed by atoms with Gasteiger partial charge in [0, 0.05) is 53.3 Å². The number of rotatable bonds is 4. The predicted molar refractivity (Wildman–Crippen MR) is 138 cm³/mol. The Balaban J connectivity index is 1.61. The molecule has 1 amide bonds.